The number of halogens is 1. The van der Waals surface area contributed by atoms with E-state index in [1.54, 1.807) is 0 Å². The van der Waals surface area contributed by atoms with E-state index < -0.39 is 0 Å². The number of rotatable bonds is 2. The number of hydrogen-bond donors (Lipinski definition) is 1. The van der Waals surface area contributed by atoms with E-state index in [2.05, 4.69) is 20.2 Å². The molecule has 104 valence electrons. The molecule has 0 saturated carbocycles. The molecule has 0 atom stereocenters. The lowest BCUT2D eigenvalue weighted by molar-refractivity contribution is -0.0375. The molecule has 5 heteroatoms. The largest absolute Gasteiger partial charge is 0.369 e. The number of anilines is 1. The van der Waals surface area contributed by atoms with Crippen LogP contribution in [-0.4, -0.2) is 62.4 Å². The Morgan fingerprint density at radius 2 is 1.37 bits per heavy atom. The van der Waals surface area contributed by atoms with Crippen molar-refractivity contribution < 1.29 is 4.39 Å². The molecule has 0 aliphatic carbocycles. The zero-order valence-electron chi connectivity index (χ0n) is 11.2. The van der Waals surface area contributed by atoms with Gasteiger partial charge in [-0.25, -0.2) is 14.4 Å². The van der Waals surface area contributed by atoms with Gasteiger partial charge in [-0.2, -0.15) is 0 Å². The van der Waals surface area contributed by atoms with E-state index in [0.29, 0.717) is 0 Å². The molecule has 1 aromatic carbocycles. The summed E-state index contributed by atoms with van der Waals surface area (Å²) >= 11 is 0. The van der Waals surface area contributed by atoms with Crippen LogP contribution in [0.4, 0.5) is 10.1 Å². The Kier molecular flexibility index (Phi) is 3.96. The number of piperazine rings is 2. The van der Waals surface area contributed by atoms with Crippen molar-refractivity contribution in [3.8, 4) is 0 Å². The number of benzene rings is 1. The van der Waals surface area contributed by atoms with Crippen LogP contribution < -0.4 is 10.2 Å². The molecule has 2 heterocycles. The molecule has 0 unspecified atom stereocenters. The van der Waals surface area contributed by atoms with Crippen molar-refractivity contribution in [2.45, 2.75) is 0 Å². The molecule has 2 fully saturated rings. The zero-order valence-corrected chi connectivity index (χ0v) is 11.2. The molecule has 3 rings (SSSR count). The number of nitrogens with zero attached hydrogens (tertiary/aromatic N) is 3. The molecule has 0 radical (unpaired) electrons. The second kappa shape index (κ2) is 5.86. The Morgan fingerprint density at radius 3 is 2.00 bits per heavy atom. The molecule has 1 aromatic rings. The molecule has 2 saturated heterocycles. The minimum atomic E-state index is -0.164. The summed E-state index contributed by atoms with van der Waals surface area (Å²) < 4.78 is 12.9. The van der Waals surface area contributed by atoms with Crippen molar-refractivity contribution in [2.24, 2.45) is 0 Å². The lowest BCUT2D eigenvalue weighted by Crippen LogP contribution is -2.58. The Hall–Kier alpha value is -1.17. The fourth-order valence-corrected chi connectivity index (χ4v) is 2.82. The average molecular weight is 264 g/mol. The van der Waals surface area contributed by atoms with E-state index in [9.17, 15) is 4.39 Å². The quantitative estimate of drug-likeness (QED) is 0.851. The first-order valence-electron chi connectivity index (χ1n) is 7.04. The third kappa shape index (κ3) is 3.05. The normalized spacial score (nSPS) is 22.7. The third-order valence-corrected chi connectivity index (χ3v) is 3.94. The van der Waals surface area contributed by atoms with Crippen LogP contribution in [0.15, 0.2) is 24.3 Å². The summed E-state index contributed by atoms with van der Waals surface area (Å²) in [7, 11) is 0. The first kappa shape index (κ1) is 12.8. The topological polar surface area (TPSA) is 21.8 Å². The van der Waals surface area contributed by atoms with Gasteiger partial charge < -0.3 is 10.2 Å². The standard InChI is InChI=1S/C14H21FN4/c15-13-1-3-14(4-2-13)17-9-11-19(12-10-17)18-7-5-16-6-8-18/h1-4,16H,5-12H2. The average Bonchev–Trinajstić information content (AvgIpc) is 2.49. The second-order valence-electron chi connectivity index (χ2n) is 5.12. The SMILES string of the molecule is Fc1ccc(N2CCN(N3CCNCC3)CC2)cc1. The predicted molar refractivity (Wildman–Crippen MR) is 74.6 cm³/mol. The van der Waals surface area contributed by atoms with Gasteiger partial charge in [0.15, 0.2) is 0 Å². The number of nitrogens with one attached hydrogen (secondary N) is 1. The molecule has 19 heavy (non-hydrogen) atoms. The molecule has 2 aliphatic rings. The van der Waals surface area contributed by atoms with Crippen molar-refractivity contribution in [3.05, 3.63) is 30.1 Å². The van der Waals surface area contributed by atoms with Crippen LogP contribution in [0.3, 0.4) is 0 Å². The summed E-state index contributed by atoms with van der Waals surface area (Å²) in [6.07, 6.45) is 0. The number of hydrazine groups is 1. The van der Waals surface area contributed by atoms with E-state index in [1.807, 2.05) is 12.1 Å². The van der Waals surface area contributed by atoms with Crippen molar-refractivity contribution in [3.63, 3.8) is 0 Å². The first-order chi connectivity index (χ1) is 9.33. The highest BCUT2D eigenvalue weighted by Crippen LogP contribution is 2.17. The molecule has 0 bridgehead atoms. The maximum atomic E-state index is 12.9. The summed E-state index contributed by atoms with van der Waals surface area (Å²) in [5.41, 5.74) is 1.13. The molecule has 0 amide bonds. The fraction of sp³-hybridized carbons (Fsp3) is 0.571. The maximum absolute atomic E-state index is 12.9. The zero-order chi connectivity index (χ0) is 13.1. The van der Waals surface area contributed by atoms with Crippen LogP contribution in [0.2, 0.25) is 0 Å². The number of hydrogen-bond acceptors (Lipinski definition) is 4. The second-order valence-corrected chi connectivity index (χ2v) is 5.12. The van der Waals surface area contributed by atoms with Gasteiger partial charge in [0.25, 0.3) is 0 Å². The third-order valence-electron chi connectivity index (χ3n) is 3.94. The van der Waals surface area contributed by atoms with Gasteiger partial charge in [-0.1, -0.05) is 0 Å². The van der Waals surface area contributed by atoms with Gasteiger partial charge in [0.1, 0.15) is 5.82 Å². The first-order valence-corrected chi connectivity index (χ1v) is 7.04. The summed E-state index contributed by atoms with van der Waals surface area (Å²) in [5.74, 6) is -0.164. The van der Waals surface area contributed by atoms with Crippen molar-refractivity contribution in [2.75, 3.05) is 57.3 Å². The highest BCUT2D eigenvalue weighted by molar-refractivity contribution is 5.46. The van der Waals surface area contributed by atoms with Gasteiger partial charge in [-0.3, -0.25) is 0 Å². The summed E-state index contributed by atoms with van der Waals surface area (Å²) in [6, 6.07) is 6.82. The monoisotopic (exact) mass is 264 g/mol. The van der Waals surface area contributed by atoms with Crippen LogP contribution in [-0.2, 0) is 0 Å². The summed E-state index contributed by atoms with van der Waals surface area (Å²) in [5, 5.41) is 8.30. The maximum Gasteiger partial charge on any atom is 0.123 e. The fourth-order valence-electron chi connectivity index (χ4n) is 2.82. The Morgan fingerprint density at radius 1 is 0.789 bits per heavy atom. The van der Waals surface area contributed by atoms with Crippen molar-refractivity contribution in [1.82, 2.24) is 15.3 Å². The molecule has 2 aliphatic heterocycles. The lowest BCUT2D eigenvalue weighted by Gasteiger charge is -2.43. The van der Waals surface area contributed by atoms with Gasteiger partial charge in [-0.15, -0.1) is 0 Å². The van der Waals surface area contributed by atoms with Crippen molar-refractivity contribution in [1.29, 1.82) is 0 Å². The van der Waals surface area contributed by atoms with Crippen LogP contribution in [0, 0.1) is 5.82 Å². The van der Waals surface area contributed by atoms with Crippen molar-refractivity contribution >= 4 is 5.69 Å². The van der Waals surface area contributed by atoms with Gasteiger partial charge in [-0.05, 0) is 24.3 Å². The van der Waals surface area contributed by atoms with Crippen LogP contribution in [0.25, 0.3) is 0 Å². The highest BCUT2D eigenvalue weighted by atomic mass is 19.1. The van der Waals surface area contributed by atoms with E-state index >= 15 is 0 Å². The molecule has 4 nitrogen and oxygen atoms in total. The van der Waals surface area contributed by atoms with Gasteiger partial charge in [0, 0.05) is 58.0 Å². The highest BCUT2D eigenvalue weighted by Gasteiger charge is 2.23. The van der Waals surface area contributed by atoms with E-state index in [4.69, 9.17) is 0 Å². The minimum absolute atomic E-state index is 0.164. The Bertz CT molecular complexity index is 394. The molecular formula is C14H21FN4. The molecule has 1 N–H and O–H groups in total. The van der Waals surface area contributed by atoms with Gasteiger partial charge in [0.2, 0.25) is 0 Å². The van der Waals surface area contributed by atoms with E-state index in [1.165, 1.54) is 12.1 Å². The van der Waals surface area contributed by atoms with Crippen LogP contribution >= 0.6 is 0 Å². The van der Waals surface area contributed by atoms with Crippen LogP contribution in [0.1, 0.15) is 0 Å². The van der Waals surface area contributed by atoms with Gasteiger partial charge in [0.05, 0.1) is 0 Å². The Balaban J connectivity index is 1.55. The molecular weight excluding hydrogens is 243 g/mol. The summed E-state index contributed by atoms with van der Waals surface area (Å²) in [6.45, 7) is 8.50. The summed E-state index contributed by atoms with van der Waals surface area (Å²) in [4.78, 5) is 2.33. The predicted octanol–water partition coefficient (Wildman–Crippen LogP) is 0.768. The Labute approximate surface area is 113 Å². The molecule has 0 aromatic heterocycles. The van der Waals surface area contributed by atoms with Crippen LogP contribution in [0.5, 0.6) is 0 Å². The van der Waals surface area contributed by atoms with E-state index in [0.717, 1.165) is 58.0 Å². The lowest BCUT2D eigenvalue weighted by atomic mass is 10.2. The minimum Gasteiger partial charge on any atom is -0.369 e. The molecule has 0 spiro atoms. The smallest absolute Gasteiger partial charge is 0.123 e. The van der Waals surface area contributed by atoms with E-state index in [-0.39, 0.29) is 5.82 Å². The van der Waals surface area contributed by atoms with Gasteiger partial charge >= 0.3 is 0 Å².